The van der Waals surface area contributed by atoms with Gasteiger partial charge in [-0.15, -0.1) is 0 Å². The Morgan fingerprint density at radius 1 is 1.38 bits per heavy atom. The summed E-state index contributed by atoms with van der Waals surface area (Å²) in [5, 5.41) is 15.5. The highest BCUT2D eigenvalue weighted by atomic mass is 16.1. The summed E-state index contributed by atoms with van der Waals surface area (Å²) in [5.74, 6) is -0.153. The van der Waals surface area contributed by atoms with Crippen molar-refractivity contribution in [2.45, 2.75) is 33.0 Å². The van der Waals surface area contributed by atoms with E-state index < -0.39 is 0 Å². The number of carbonyl (C=O) groups excluding carboxylic acids is 1. The van der Waals surface area contributed by atoms with Gasteiger partial charge in [0.1, 0.15) is 13.1 Å². The molecule has 0 saturated heterocycles. The summed E-state index contributed by atoms with van der Waals surface area (Å²) in [6, 6.07) is 10.6. The molecule has 0 aliphatic rings. The molecule has 0 fully saturated rings. The monoisotopic (exact) mass is 284 g/mol. The zero-order chi connectivity index (χ0) is 15.2. The van der Waals surface area contributed by atoms with Crippen LogP contribution in [0.15, 0.2) is 30.5 Å². The standard InChI is InChI=1S/C16H20N4O/c1-12(2)19-10-13-3-4-14-5-8-20(15(14)9-13)11-16(21)18-7-6-17/h3-5,8-9,12,19H,7,10-11H2,1-2H3,(H,18,21). The number of hydrogen-bond acceptors (Lipinski definition) is 3. The van der Waals surface area contributed by atoms with Gasteiger partial charge in [-0.2, -0.15) is 5.26 Å². The van der Waals surface area contributed by atoms with Crippen molar-refractivity contribution in [1.82, 2.24) is 15.2 Å². The number of amides is 1. The van der Waals surface area contributed by atoms with Gasteiger partial charge in [0.2, 0.25) is 5.91 Å². The van der Waals surface area contributed by atoms with E-state index in [4.69, 9.17) is 5.26 Å². The summed E-state index contributed by atoms with van der Waals surface area (Å²) in [4.78, 5) is 11.7. The first kappa shape index (κ1) is 15.1. The summed E-state index contributed by atoms with van der Waals surface area (Å²) < 4.78 is 1.90. The Balaban J connectivity index is 2.15. The molecule has 0 spiro atoms. The van der Waals surface area contributed by atoms with Crippen LogP contribution in [0.1, 0.15) is 19.4 Å². The van der Waals surface area contributed by atoms with Crippen LogP contribution in [-0.4, -0.2) is 23.1 Å². The Hall–Kier alpha value is -2.32. The molecule has 0 unspecified atom stereocenters. The van der Waals surface area contributed by atoms with Crippen LogP contribution in [0.25, 0.3) is 10.9 Å². The Labute approximate surface area is 124 Å². The molecule has 0 saturated carbocycles. The third-order valence-corrected chi connectivity index (χ3v) is 3.23. The molecule has 0 bridgehead atoms. The lowest BCUT2D eigenvalue weighted by Gasteiger charge is -2.09. The molecule has 0 aliphatic carbocycles. The lowest BCUT2D eigenvalue weighted by Crippen LogP contribution is -2.27. The predicted octanol–water partition coefficient (Wildman–Crippen LogP) is 1.78. The lowest BCUT2D eigenvalue weighted by atomic mass is 10.1. The zero-order valence-electron chi connectivity index (χ0n) is 12.4. The van der Waals surface area contributed by atoms with Crippen molar-refractivity contribution in [2.24, 2.45) is 0 Å². The summed E-state index contributed by atoms with van der Waals surface area (Å²) in [6.45, 7) is 5.30. The van der Waals surface area contributed by atoms with E-state index in [9.17, 15) is 4.79 Å². The summed E-state index contributed by atoms with van der Waals surface area (Å²) in [6.07, 6.45) is 1.90. The zero-order valence-corrected chi connectivity index (χ0v) is 12.4. The van der Waals surface area contributed by atoms with Crippen molar-refractivity contribution in [3.8, 4) is 6.07 Å². The van der Waals surface area contributed by atoms with Crippen LogP contribution >= 0.6 is 0 Å². The van der Waals surface area contributed by atoms with E-state index in [0.717, 1.165) is 17.4 Å². The van der Waals surface area contributed by atoms with Crippen LogP contribution in [0, 0.1) is 11.3 Å². The number of hydrogen-bond donors (Lipinski definition) is 2. The minimum Gasteiger partial charge on any atom is -0.341 e. The Morgan fingerprint density at radius 3 is 2.90 bits per heavy atom. The first-order chi connectivity index (χ1) is 10.1. The molecule has 5 heteroatoms. The van der Waals surface area contributed by atoms with Gasteiger partial charge >= 0.3 is 0 Å². The Morgan fingerprint density at radius 2 is 2.19 bits per heavy atom. The van der Waals surface area contributed by atoms with Gasteiger partial charge in [-0.25, -0.2) is 0 Å². The highest BCUT2D eigenvalue weighted by Crippen LogP contribution is 2.17. The normalized spacial score (nSPS) is 10.8. The first-order valence-electron chi connectivity index (χ1n) is 7.05. The minimum absolute atomic E-state index is 0.0432. The van der Waals surface area contributed by atoms with Crippen LogP contribution in [0.3, 0.4) is 0 Å². The van der Waals surface area contributed by atoms with Crippen molar-refractivity contribution in [3.05, 3.63) is 36.0 Å². The van der Waals surface area contributed by atoms with Crippen molar-refractivity contribution >= 4 is 16.8 Å². The van der Waals surface area contributed by atoms with Gasteiger partial charge in [0.25, 0.3) is 0 Å². The smallest absolute Gasteiger partial charge is 0.240 e. The highest BCUT2D eigenvalue weighted by Gasteiger charge is 2.07. The molecule has 1 heterocycles. The quantitative estimate of drug-likeness (QED) is 0.794. The second-order valence-corrected chi connectivity index (χ2v) is 5.31. The molecule has 2 aromatic rings. The molecule has 0 aliphatic heterocycles. The fraction of sp³-hybridized carbons (Fsp3) is 0.375. The Bertz CT molecular complexity index is 666. The molecule has 21 heavy (non-hydrogen) atoms. The van der Waals surface area contributed by atoms with E-state index in [1.165, 1.54) is 5.56 Å². The fourth-order valence-corrected chi connectivity index (χ4v) is 2.15. The van der Waals surface area contributed by atoms with Gasteiger partial charge in [0.05, 0.1) is 6.07 Å². The molecule has 1 aromatic heterocycles. The van der Waals surface area contributed by atoms with E-state index in [2.05, 4.69) is 42.7 Å². The molecule has 5 nitrogen and oxygen atoms in total. The molecule has 0 radical (unpaired) electrons. The Kier molecular flexibility index (Phi) is 4.96. The molecule has 0 atom stereocenters. The number of rotatable bonds is 6. The van der Waals surface area contributed by atoms with Gasteiger partial charge in [-0.05, 0) is 23.1 Å². The van der Waals surface area contributed by atoms with E-state index in [1.807, 2.05) is 22.9 Å². The number of fused-ring (bicyclic) bond motifs is 1. The first-order valence-corrected chi connectivity index (χ1v) is 7.05. The second kappa shape index (κ2) is 6.91. The van der Waals surface area contributed by atoms with Gasteiger partial charge in [-0.3, -0.25) is 4.79 Å². The van der Waals surface area contributed by atoms with E-state index in [0.29, 0.717) is 6.04 Å². The highest BCUT2D eigenvalue weighted by molar-refractivity contribution is 5.83. The molecule has 1 amide bonds. The van der Waals surface area contributed by atoms with E-state index >= 15 is 0 Å². The minimum atomic E-state index is -0.153. The molecule has 110 valence electrons. The third kappa shape index (κ3) is 4.07. The van der Waals surface area contributed by atoms with Crippen molar-refractivity contribution in [2.75, 3.05) is 6.54 Å². The van der Waals surface area contributed by atoms with Crippen molar-refractivity contribution in [1.29, 1.82) is 5.26 Å². The van der Waals surface area contributed by atoms with E-state index in [1.54, 1.807) is 0 Å². The van der Waals surface area contributed by atoms with Crippen LogP contribution in [0.4, 0.5) is 0 Å². The van der Waals surface area contributed by atoms with Crippen LogP contribution in [-0.2, 0) is 17.9 Å². The van der Waals surface area contributed by atoms with Crippen LogP contribution in [0.5, 0.6) is 0 Å². The van der Waals surface area contributed by atoms with Gasteiger partial charge in [0, 0.05) is 24.3 Å². The number of benzene rings is 1. The van der Waals surface area contributed by atoms with Gasteiger partial charge in [0.15, 0.2) is 0 Å². The van der Waals surface area contributed by atoms with Crippen LogP contribution < -0.4 is 10.6 Å². The molecular formula is C16H20N4O. The SMILES string of the molecule is CC(C)NCc1ccc2ccn(CC(=O)NCC#N)c2c1. The molecular weight excluding hydrogens is 264 g/mol. The van der Waals surface area contributed by atoms with Gasteiger partial charge in [-0.1, -0.05) is 26.0 Å². The number of nitriles is 1. The summed E-state index contributed by atoms with van der Waals surface area (Å²) in [7, 11) is 0. The number of nitrogens with zero attached hydrogens (tertiary/aromatic N) is 2. The fourth-order valence-electron chi connectivity index (χ4n) is 2.15. The number of carbonyl (C=O) groups is 1. The van der Waals surface area contributed by atoms with Crippen molar-refractivity contribution < 1.29 is 4.79 Å². The maximum atomic E-state index is 11.7. The van der Waals surface area contributed by atoms with Gasteiger partial charge < -0.3 is 15.2 Å². The van der Waals surface area contributed by atoms with Crippen molar-refractivity contribution in [3.63, 3.8) is 0 Å². The lowest BCUT2D eigenvalue weighted by molar-refractivity contribution is -0.121. The number of nitrogens with one attached hydrogen (secondary N) is 2. The maximum absolute atomic E-state index is 11.7. The molecule has 2 rings (SSSR count). The third-order valence-electron chi connectivity index (χ3n) is 3.23. The predicted molar refractivity (Wildman–Crippen MR) is 82.5 cm³/mol. The van der Waals surface area contributed by atoms with E-state index in [-0.39, 0.29) is 19.0 Å². The van der Waals surface area contributed by atoms with Crippen LogP contribution in [0.2, 0.25) is 0 Å². The maximum Gasteiger partial charge on any atom is 0.240 e. The molecule has 1 aromatic carbocycles. The molecule has 2 N–H and O–H groups in total. The summed E-state index contributed by atoms with van der Waals surface area (Å²) in [5.41, 5.74) is 2.22. The average Bonchev–Trinajstić information content (AvgIpc) is 2.85. The topological polar surface area (TPSA) is 69.8 Å². The second-order valence-electron chi connectivity index (χ2n) is 5.31. The summed E-state index contributed by atoms with van der Waals surface area (Å²) >= 11 is 0. The average molecular weight is 284 g/mol. The largest absolute Gasteiger partial charge is 0.341 e. The number of aromatic nitrogens is 1.